The van der Waals surface area contributed by atoms with Crippen LogP contribution in [-0.4, -0.2) is 64.6 Å². The van der Waals surface area contributed by atoms with Gasteiger partial charge in [0, 0.05) is 55.6 Å². The molecule has 2 atom stereocenters. The summed E-state index contributed by atoms with van der Waals surface area (Å²) in [7, 11) is 0. The summed E-state index contributed by atoms with van der Waals surface area (Å²) in [6.45, 7) is 15.7. The highest BCUT2D eigenvalue weighted by Crippen LogP contribution is 2.42. The van der Waals surface area contributed by atoms with Gasteiger partial charge in [0.2, 0.25) is 5.82 Å². The molecule has 10 heteroatoms. The van der Waals surface area contributed by atoms with Gasteiger partial charge >= 0.3 is 0 Å². The highest BCUT2D eigenvalue weighted by atomic mass is 19.1. The lowest BCUT2D eigenvalue weighted by atomic mass is 10.1. The van der Waals surface area contributed by atoms with Crippen LogP contribution in [0.2, 0.25) is 0 Å². The molecule has 2 N–H and O–H groups in total. The predicted octanol–water partition coefficient (Wildman–Crippen LogP) is 4.55. The molecule has 0 saturated carbocycles. The van der Waals surface area contributed by atoms with E-state index in [-0.39, 0.29) is 29.0 Å². The molecule has 7 nitrogen and oxygen atoms in total. The maximum absolute atomic E-state index is 15.6. The van der Waals surface area contributed by atoms with Crippen molar-refractivity contribution in [1.29, 1.82) is 0 Å². The van der Waals surface area contributed by atoms with Crippen LogP contribution < -0.4 is 15.4 Å². The minimum Gasteiger partial charge on any atom is -0.433 e. The number of hydrogen-bond donors (Lipinski definition) is 1. The van der Waals surface area contributed by atoms with Gasteiger partial charge in [0.05, 0.1) is 11.7 Å². The fraction of sp³-hybridized carbons (Fsp3) is 0.481. The van der Waals surface area contributed by atoms with E-state index in [9.17, 15) is 0 Å². The molecule has 37 heavy (non-hydrogen) atoms. The predicted molar refractivity (Wildman–Crippen MR) is 138 cm³/mol. The molecule has 1 fully saturated rings. The Morgan fingerprint density at radius 2 is 1.89 bits per heavy atom. The molecule has 3 heterocycles. The third-order valence-corrected chi connectivity index (χ3v) is 7.12. The van der Waals surface area contributed by atoms with E-state index < -0.39 is 35.1 Å². The SMILES string of the molecule is C=C/C=C(\C(N)c1ncnc(Oc2cc(F)c3c(c2F)CC(C)N3C(C)C)c1F)N1CCN(CC)CC1. The maximum Gasteiger partial charge on any atom is 0.259 e. The van der Waals surface area contributed by atoms with Crippen LogP contribution in [-0.2, 0) is 6.42 Å². The van der Waals surface area contributed by atoms with Crippen molar-refractivity contribution in [2.75, 3.05) is 37.6 Å². The van der Waals surface area contributed by atoms with Crippen molar-refractivity contribution in [3.05, 3.63) is 65.5 Å². The first-order valence-corrected chi connectivity index (χ1v) is 12.7. The molecule has 2 unspecified atom stereocenters. The van der Waals surface area contributed by atoms with E-state index in [0.717, 1.165) is 45.1 Å². The number of nitrogens with two attached hydrogens (primary N) is 1. The molecule has 2 aromatic rings. The summed E-state index contributed by atoms with van der Waals surface area (Å²) in [5, 5.41) is 0. The van der Waals surface area contributed by atoms with Crippen molar-refractivity contribution < 1.29 is 17.9 Å². The number of aromatic nitrogens is 2. The molecule has 0 amide bonds. The molecule has 0 radical (unpaired) electrons. The summed E-state index contributed by atoms with van der Waals surface area (Å²) in [6.07, 6.45) is 4.77. The number of hydrogen-bond acceptors (Lipinski definition) is 7. The molecule has 1 saturated heterocycles. The molecule has 0 bridgehead atoms. The lowest BCUT2D eigenvalue weighted by Gasteiger charge is -2.38. The zero-order valence-electron chi connectivity index (χ0n) is 21.8. The molecule has 0 spiro atoms. The Hall–Kier alpha value is -3.11. The number of likely N-dealkylation sites (N-methyl/N-ethyl adjacent to an activating group) is 1. The van der Waals surface area contributed by atoms with Crippen molar-refractivity contribution >= 4 is 5.69 Å². The van der Waals surface area contributed by atoms with Gasteiger partial charge in [-0.05, 0) is 39.8 Å². The Balaban J connectivity index is 1.63. The van der Waals surface area contributed by atoms with Gasteiger partial charge < -0.3 is 25.2 Å². The minimum absolute atomic E-state index is 0.0111. The number of rotatable bonds is 8. The Morgan fingerprint density at radius 3 is 2.51 bits per heavy atom. The summed E-state index contributed by atoms with van der Waals surface area (Å²) < 4.78 is 51.6. The molecule has 200 valence electrons. The number of benzene rings is 1. The van der Waals surface area contributed by atoms with E-state index in [1.807, 2.05) is 25.7 Å². The summed E-state index contributed by atoms with van der Waals surface area (Å²) in [6, 6.07) is -0.0792. The number of piperazine rings is 1. The Bertz CT molecular complexity index is 1180. The van der Waals surface area contributed by atoms with E-state index in [1.54, 1.807) is 12.2 Å². The average molecular weight is 517 g/mol. The van der Waals surface area contributed by atoms with Crippen molar-refractivity contribution in [1.82, 2.24) is 19.8 Å². The van der Waals surface area contributed by atoms with Gasteiger partial charge in [0.25, 0.3) is 5.88 Å². The van der Waals surface area contributed by atoms with Crippen LogP contribution in [0.1, 0.15) is 45.0 Å². The quantitative estimate of drug-likeness (QED) is 0.516. The fourth-order valence-electron chi connectivity index (χ4n) is 5.31. The Labute approximate surface area is 216 Å². The zero-order chi connectivity index (χ0) is 26.9. The van der Waals surface area contributed by atoms with Crippen LogP contribution in [0.25, 0.3) is 0 Å². The van der Waals surface area contributed by atoms with Crippen molar-refractivity contribution in [3.8, 4) is 11.6 Å². The number of fused-ring (bicyclic) bond motifs is 1. The van der Waals surface area contributed by atoms with Gasteiger partial charge in [0.15, 0.2) is 17.4 Å². The van der Waals surface area contributed by atoms with E-state index in [0.29, 0.717) is 12.1 Å². The lowest BCUT2D eigenvalue weighted by molar-refractivity contribution is 0.159. The number of ether oxygens (including phenoxy) is 1. The number of nitrogens with zero attached hydrogens (tertiary/aromatic N) is 5. The van der Waals surface area contributed by atoms with Crippen molar-refractivity contribution in [2.24, 2.45) is 5.73 Å². The average Bonchev–Trinajstić information content (AvgIpc) is 3.24. The van der Waals surface area contributed by atoms with Gasteiger partial charge in [-0.2, -0.15) is 9.37 Å². The first kappa shape index (κ1) is 26.9. The number of anilines is 1. The van der Waals surface area contributed by atoms with Crippen molar-refractivity contribution in [3.63, 3.8) is 0 Å². The maximum atomic E-state index is 15.6. The minimum atomic E-state index is -0.932. The van der Waals surface area contributed by atoms with Crippen molar-refractivity contribution in [2.45, 2.75) is 52.2 Å². The monoisotopic (exact) mass is 516 g/mol. The summed E-state index contributed by atoms with van der Waals surface area (Å²) in [4.78, 5) is 14.2. The van der Waals surface area contributed by atoms with Crippen LogP contribution in [0, 0.1) is 17.5 Å². The highest BCUT2D eigenvalue weighted by molar-refractivity contribution is 5.64. The van der Waals surface area contributed by atoms with Gasteiger partial charge in [0.1, 0.15) is 12.0 Å². The first-order valence-electron chi connectivity index (χ1n) is 12.7. The van der Waals surface area contributed by atoms with E-state index in [4.69, 9.17) is 10.5 Å². The summed E-state index contributed by atoms with van der Waals surface area (Å²) in [5.74, 6) is -3.22. The van der Waals surface area contributed by atoms with Crippen LogP contribution in [0.15, 0.2) is 36.8 Å². The summed E-state index contributed by atoms with van der Waals surface area (Å²) >= 11 is 0. The zero-order valence-corrected chi connectivity index (χ0v) is 21.8. The third-order valence-electron chi connectivity index (χ3n) is 7.12. The van der Waals surface area contributed by atoms with Crippen LogP contribution in [0.5, 0.6) is 11.6 Å². The highest BCUT2D eigenvalue weighted by Gasteiger charge is 2.35. The normalized spacial score (nSPS) is 19.4. The second kappa shape index (κ2) is 11.1. The molecule has 0 aliphatic carbocycles. The van der Waals surface area contributed by atoms with Crippen LogP contribution in [0.3, 0.4) is 0 Å². The largest absolute Gasteiger partial charge is 0.433 e. The number of halogens is 3. The van der Waals surface area contributed by atoms with Gasteiger partial charge in [-0.1, -0.05) is 19.6 Å². The third kappa shape index (κ3) is 5.17. The van der Waals surface area contributed by atoms with E-state index >= 15 is 13.2 Å². The molecule has 1 aromatic carbocycles. The lowest BCUT2D eigenvalue weighted by Crippen LogP contribution is -2.47. The topological polar surface area (TPSA) is 70.7 Å². The number of allylic oxidation sites excluding steroid dienone is 2. The Morgan fingerprint density at radius 1 is 1.19 bits per heavy atom. The second-order valence-electron chi connectivity index (χ2n) is 9.76. The first-order chi connectivity index (χ1) is 17.7. The van der Waals surface area contributed by atoms with Gasteiger partial charge in [-0.3, -0.25) is 0 Å². The molecular formula is C27H35F3N6O. The fourth-order valence-corrected chi connectivity index (χ4v) is 5.31. The standard InChI is InChI=1S/C27H35F3N6O/c1-6-8-20(35-11-9-34(7-2)10-12-35)24(31)25-23(30)27(33-15-32-25)37-21-14-19(28)26-18(22(21)29)13-17(5)36(26)16(3)4/h6,8,14-17,24H,1,7,9-13,31H2,2-5H3/b20-8+. The summed E-state index contributed by atoms with van der Waals surface area (Å²) in [5.41, 5.74) is 7.47. The molecule has 2 aliphatic rings. The van der Waals surface area contributed by atoms with E-state index in [2.05, 4.69) is 33.3 Å². The molecular weight excluding hydrogens is 481 g/mol. The Kier molecular flexibility index (Phi) is 8.08. The van der Waals surface area contributed by atoms with Gasteiger partial charge in [-0.15, -0.1) is 0 Å². The van der Waals surface area contributed by atoms with Gasteiger partial charge in [-0.25, -0.2) is 13.8 Å². The molecule has 1 aromatic heterocycles. The second-order valence-corrected chi connectivity index (χ2v) is 9.76. The van der Waals surface area contributed by atoms with Crippen LogP contribution >= 0.6 is 0 Å². The smallest absolute Gasteiger partial charge is 0.259 e. The molecule has 4 rings (SSSR count). The van der Waals surface area contributed by atoms with Crippen LogP contribution in [0.4, 0.5) is 18.9 Å². The van der Waals surface area contributed by atoms with E-state index in [1.165, 1.54) is 0 Å². The molecule has 2 aliphatic heterocycles.